The minimum Gasteiger partial charge on any atom is -0.376 e. The molecule has 0 saturated carbocycles. The lowest BCUT2D eigenvalue weighted by Crippen LogP contribution is -2.43. The molecule has 0 radical (unpaired) electrons. The highest BCUT2D eigenvalue weighted by molar-refractivity contribution is 5.79. The Hall–Kier alpha value is -3.26. The molecule has 1 saturated heterocycles. The predicted octanol–water partition coefficient (Wildman–Crippen LogP) is 1.21. The molecule has 4 rings (SSSR count). The lowest BCUT2D eigenvalue weighted by molar-refractivity contribution is -0.122. The first-order valence-electron chi connectivity index (χ1n) is 10.0. The fourth-order valence-corrected chi connectivity index (χ4v) is 3.64. The van der Waals surface area contributed by atoms with E-state index in [1.54, 1.807) is 12.1 Å². The minimum absolute atomic E-state index is 0.0135. The molecule has 0 unspecified atom stereocenters. The maximum Gasteiger partial charge on any atom is 0.332 e. The second-order valence-corrected chi connectivity index (χ2v) is 7.56. The van der Waals surface area contributed by atoms with Crippen LogP contribution in [-0.2, 0) is 22.6 Å². The highest BCUT2D eigenvalue weighted by Gasteiger charge is 2.19. The van der Waals surface area contributed by atoms with E-state index in [0.29, 0.717) is 18.7 Å². The zero-order valence-corrected chi connectivity index (χ0v) is 16.8. The van der Waals surface area contributed by atoms with Crippen molar-refractivity contribution < 1.29 is 9.53 Å². The van der Waals surface area contributed by atoms with Gasteiger partial charge in [0.1, 0.15) is 6.54 Å². The lowest BCUT2D eigenvalue weighted by atomic mass is 10.1. The summed E-state index contributed by atoms with van der Waals surface area (Å²) >= 11 is 0. The summed E-state index contributed by atoms with van der Waals surface area (Å²) in [5.41, 5.74) is 1.42. The molecule has 1 amide bonds. The largest absolute Gasteiger partial charge is 0.376 e. The van der Waals surface area contributed by atoms with Crippen LogP contribution in [0.1, 0.15) is 24.0 Å². The number of hydrogen-bond donors (Lipinski definition) is 1. The molecule has 1 aromatic carbocycles. The van der Waals surface area contributed by atoms with Crippen LogP contribution in [0.25, 0.3) is 11.0 Å². The first kappa shape index (κ1) is 20.0. The fourth-order valence-electron chi connectivity index (χ4n) is 3.64. The Kier molecular flexibility index (Phi) is 5.76. The van der Waals surface area contributed by atoms with E-state index in [9.17, 15) is 14.4 Å². The molecule has 1 fully saturated rings. The molecule has 0 aliphatic carbocycles. The summed E-state index contributed by atoms with van der Waals surface area (Å²) in [5, 5.41) is 2.82. The van der Waals surface area contributed by atoms with Crippen LogP contribution in [0.15, 0.2) is 52.2 Å². The van der Waals surface area contributed by atoms with E-state index in [2.05, 4.69) is 10.3 Å². The Morgan fingerprint density at radius 3 is 2.73 bits per heavy atom. The molecule has 0 spiro atoms. The SMILES string of the molecule is Cc1ccc(Cn2c(=O)c3ncccc3n(CC(=O)NC[C@@H]3CCCO3)c2=O)cc1. The Morgan fingerprint density at radius 1 is 1.20 bits per heavy atom. The molecule has 1 aliphatic heterocycles. The highest BCUT2D eigenvalue weighted by Crippen LogP contribution is 2.11. The number of pyridine rings is 1. The van der Waals surface area contributed by atoms with Crippen molar-refractivity contribution in [3.8, 4) is 0 Å². The molecule has 30 heavy (non-hydrogen) atoms. The molecule has 8 heteroatoms. The summed E-state index contributed by atoms with van der Waals surface area (Å²) < 4.78 is 7.96. The number of fused-ring (bicyclic) bond motifs is 1. The number of ether oxygens (including phenoxy) is 1. The minimum atomic E-state index is -0.534. The van der Waals surface area contributed by atoms with E-state index in [0.717, 1.165) is 28.5 Å². The van der Waals surface area contributed by atoms with Crippen LogP contribution in [0.5, 0.6) is 0 Å². The zero-order valence-electron chi connectivity index (χ0n) is 16.8. The molecule has 8 nitrogen and oxygen atoms in total. The molecule has 1 atom stereocenters. The first-order valence-corrected chi connectivity index (χ1v) is 10.0. The molecule has 3 heterocycles. The normalized spacial score (nSPS) is 16.1. The average molecular weight is 408 g/mol. The molecule has 2 aromatic heterocycles. The summed E-state index contributed by atoms with van der Waals surface area (Å²) in [4.78, 5) is 42.8. The third-order valence-corrected chi connectivity index (χ3v) is 5.30. The monoisotopic (exact) mass is 408 g/mol. The second kappa shape index (κ2) is 8.62. The van der Waals surface area contributed by atoms with Crippen LogP contribution >= 0.6 is 0 Å². The molecule has 0 bridgehead atoms. The van der Waals surface area contributed by atoms with Gasteiger partial charge in [-0.1, -0.05) is 29.8 Å². The number of rotatable bonds is 6. The van der Waals surface area contributed by atoms with E-state index in [1.165, 1.54) is 10.8 Å². The summed E-state index contributed by atoms with van der Waals surface area (Å²) in [6.07, 6.45) is 3.42. The Bertz CT molecular complexity index is 1170. The number of carbonyl (C=O) groups is 1. The first-order chi connectivity index (χ1) is 14.5. The zero-order chi connectivity index (χ0) is 21.1. The van der Waals surface area contributed by atoms with Gasteiger partial charge in [0.05, 0.1) is 18.2 Å². The van der Waals surface area contributed by atoms with Crippen molar-refractivity contribution in [2.24, 2.45) is 0 Å². The van der Waals surface area contributed by atoms with E-state index < -0.39 is 11.2 Å². The van der Waals surface area contributed by atoms with Crippen LogP contribution in [0.3, 0.4) is 0 Å². The number of amides is 1. The molecule has 1 N–H and O–H groups in total. The maximum atomic E-state index is 13.2. The Labute approximate surface area is 173 Å². The third kappa shape index (κ3) is 4.18. The summed E-state index contributed by atoms with van der Waals surface area (Å²) in [6, 6.07) is 10.9. The van der Waals surface area contributed by atoms with Crippen molar-refractivity contribution in [2.45, 2.75) is 39.0 Å². The summed E-state index contributed by atoms with van der Waals surface area (Å²) in [6.45, 7) is 3.01. The van der Waals surface area contributed by atoms with Crippen LogP contribution < -0.4 is 16.6 Å². The average Bonchev–Trinajstić information content (AvgIpc) is 3.28. The van der Waals surface area contributed by atoms with Crippen LogP contribution in [-0.4, -0.2) is 39.3 Å². The van der Waals surface area contributed by atoms with Gasteiger partial charge < -0.3 is 10.1 Å². The lowest BCUT2D eigenvalue weighted by Gasteiger charge is -2.15. The van der Waals surface area contributed by atoms with Gasteiger partial charge >= 0.3 is 5.69 Å². The molecule has 1 aliphatic rings. The smallest absolute Gasteiger partial charge is 0.332 e. The quantitative estimate of drug-likeness (QED) is 0.662. The Morgan fingerprint density at radius 2 is 2.00 bits per heavy atom. The number of nitrogens with one attached hydrogen (secondary N) is 1. The summed E-state index contributed by atoms with van der Waals surface area (Å²) in [7, 11) is 0. The number of hydrogen-bond acceptors (Lipinski definition) is 5. The van der Waals surface area contributed by atoms with Crippen LogP contribution in [0.4, 0.5) is 0 Å². The second-order valence-electron chi connectivity index (χ2n) is 7.56. The van der Waals surface area contributed by atoms with Gasteiger partial charge in [0.25, 0.3) is 5.56 Å². The fraction of sp³-hybridized carbons (Fsp3) is 0.364. The van der Waals surface area contributed by atoms with E-state index in [4.69, 9.17) is 4.74 Å². The van der Waals surface area contributed by atoms with E-state index in [1.807, 2.05) is 31.2 Å². The van der Waals surface area contributed by atoms with Gasteiger partial charge in [0.15, 0.2) is 5.52 Å². The van der Waals surface area contributed by atoms with Crippen LogP contribution in [0.2, 0.25) is 0 Å². The van der Waals surface area contributed by atoms with E-state index >= 15 is 0 Å². The molecule has 3 aromatic rings. The molecular formula is C22H24N4O4. The van der Waals surface area contributed by atoms with Crippen molar-refractivity contribution in [1.82, 2.24) is 19.4 Å². The Balaban J connectivity index is 1.67. The number of nitrogens with zero attached hydrogens (tertiary/aromatic N) is 3. The van der Waals surface area contributed by atoms with Gasteiger partial charge in [-0.2, -0.15) is 0 Å². The maximum absolute atomic E-state index is 13.2. The predicted molar refractivity (Wildman–Crippen MR) is 113 cm³/mol. The van der Waals surface area contributed by atoms with Crippen molar-refractivity contribution in [2.75, 3.05) is 13.2 Å². The summed E-state index contributed by atoms with van der Waals surface area (Å²) in [5.74, 6) is -0.307. The topological polar surface area (TPSA) is 95.2 Å². The number of aryl methyl sites for hydroxylation is 1. The van der Waals surface area contributed by atoms with Crippen molar-refractivity contribution in [1.29, 1.82) is 0 Å². The van der Waals surface area contributed by atoms with Gasteiger partial charge in [0, 0.05) is 19.3 Å². The van der Waals surface area contributed by atoms with Gasteiger partial charge in [0.2, 0.25) is 5.91 Å². The third-order valence-electron chi connectivity index (χ3n) is 5.30. The number of aromatic nitrogens is 3. The molecular weight excluding hydrogens is 384 g/mol. The van der Waals surface area contributed by atoms with Gasteiger partial charge in [-0.15, -0.1) is 0 Å². The van der Waals surface area contributed by atoms with E-state index in [-0.39, 0.29) is 30.6 Å². The van der Waals surface area contributed by atoms with Crippen molar-refractivity contribution in [3.63, 3.8) is 0 Å². The van der Waals surface area contributed by atoms with Gasteiger partial charge in [-0.3, -0.25) is 18.7 Å². The van der Waals surface area contributed by atoms with Crippen molar-refractivity contribution >= 4 is 16.9 Å². The number of benzene rings is 1. The molecule has 156 valence electrons. The van der Waals surface area contributed by atoms with Gasteiger partial charge in [-0.25, -0.2) is 9.78 Å². The van der Waals surface area contributed by atoms with Gasteiger partial charge in [-0.05, 0) is 37.5 Å². The highest BCUT2D eigenvalue weighted by atomic mass is 16.5. The number of carbonyl (C=O) groups excluding carboxylic acids is 1. The van der Waals surface area contributed by atoms with Crippen LogP contribution in [0, 0.1) is 6.92 Å². The van der Waals surface area contributed by atoms with Crippen molar-refractivity contribution in [3.05, 3.63) is 74.6 Å². The standard InChI is InChI=1S/C22H24N4O4/c1-15-6-8-16(9-7-15)13-26-21(28)20-18(5-2-10-23-20)25(22(26)29)14-19(27)24-12-17-4-3-11-30-17/h2,5-10,17H,3-4,11-14H2,1H3,(H,24,27)/t17-/m0/s1.